The Balaban J connectivity index is 1.66. The molecule has 0 aliphatic carbocycles. The van der Waals surface area contributed by atoms with Crippen LogP contribution in [0.3, 0.4) is 0 Å². The van der Waals surface area contributed by atoms with Gasteiger partial charge < -0.3 is 9.88 Å². The molecule has 23 heavy (non-hydrogen) atoms. The van der Waals surface area contributed by atoms with Gasteiger partial charge in [-0.05, 0) is 48.0 Å². The van der Waals surface area contributed by atoms with E-state index in [0.29, 0.717) is 5.69 Å². The minimum absolute atomic E-state index is 0.182. The molecule has 0 saturated heterocycles. The normalized spacial score (nSPS) is 10.5. The van der Waals surface area contributed by atoms with Crippen molar-refractivity contribution in [1.29, 1.82) is 0 Å². The molecule has 0 saturated carbocycles. The minimum Gasteiger partial charge on any atom is -0.324 e. The van der Waals surface area contributed by atoms with E-state index in [4.69, 9.17) is 11.6 Å². The van der Waals surface area contributed by atoms with Crippen molar-refractivity contribution in [2.45, 2.75) is 6.42 Å². The van der Waals surface area contributed by atoms with Crippen molar-refractivity contribution in [2.24, 2.45) is 0 Å². The predicted molar refractivity (Wildman–Crippen MR) is 89.5 cm³/mol. The van der Waals surface area contributed by atoms with Crippen molar-refractivity contribution in [2.75, 3.05) is 5.32 Å². The summed E-state index contributed by atoms with van der Waals surface area (Å²) in [6.45, 7) is 0. The number of anilines is 1. The second kappa shape index (κ2) is 6.67. The highest BCUT2D eigenvalue weighted by Crippen LogP contribution is 2.22. The van der Waals surface area contributed by atoms with E-state index < -0.39 is 5.82 Å². The first-order valence-electron chi connectivity index (χ1n) is 7.09. The number of amides is 1. The van der Waals surface area contributed by atoms with Gasteiger partial charge in [-0.3, -0.25) is 4.79 Å². The van der Waals surface area contributed by atoms with E-state index in [0.717, 1.165) is 11.3 Å². The fraction of sp³-hybridized carbons (Fsp3) is 0.0556. The Hall–Kier alpha value is -2.59. The van der Waals surface area contributed by atoms with Crippen LogP contribution in [0, 0.1) is 5.82 Å². The van der Waals surface area contributed by atoms with Crippen molar-refractivity contribution in [3.63, 3.8) is 0 Å². The van der Waals surface area contributed by atoms with Crippen molar-refractivity contribution < 1.29 is 9.18 Å². The first-order valence-corrected chi connectivity index (χ1v) is 7.47. The second-order valence-corrected chi connectivity index (χ2v) is 5.51. The SMILES string of the molecule is O=C(Cc1ccc(-n2cccc2)cc1)Nc1ccc(F)cc1Cl. The van der Waals surface area contributed by atoms with Crippen molar-refractivity contribution in [3.8, 4) is 5.69 Å². The average Bonchev–Trinajstić information content (AvgIpc) is 3.05. The first-order chi connectivity index (χ1) is 11.1. The van der Waals surface area contributed by atoms with Crippen LogP contribution in [0.1, 0.15) is 5.56 Å². The van der Waals surface area contributed by atoms with Gasteiger partial charge in [0.05, 0.1) is 17.1 Å². The standard InChI is InChI=1S/C18H14ClFN2O/c19-16-12-14(20)5-8-17(16)21-18(23)11-13-3-6-15(7-4-13)22-9-1-2-10-22/h1-10,12H,11H2,(H,21,23). The average molecular weight is 329 g/mol. The number of carbonyl (C=O) groups excluding carboxylic acids is 1. The fourth-order valence-electron chi connectivity index (χ4n) is 2.26. The van der Waals surface area contributed by atoms with Crippen LogP contribution in [0.2, 0.25) is 5.02 Å². The van der Waals surface area contributed by atoms with E-state index in [2.05, 4.69) is 5.32 Å². The number of hydrogen-bond donors (Lipinski definition) is 1. The fourth-order valence-corrected chi connectivity index (χ4v) is 2.48. The lowest BCUT2D eigenvalue weighted by molar-refractivity contribution is -0.115. The van der Waals surface area contributed by atoms with Gasteiger partial charge in [-0.15, -0.1) is 0 Å². The Morgan fingerprint density at radius 1 is 1.09 bits per heavy atom. The Kier molecular flexibility index (Phi) is 4.44. The van der Waals surface area contributed by atoms with Crippen LogP contribution in [0.5, 0.6) is 0 Å². The monoisotopic (exact) mass is 328 g/mol. The zero-order chi connectivity index (χ0) is 16.2. The van der Waals surface area contributed by atoms with Gasteiger partial charge in [0.2, 0.25) is 5.91 Å². The summed E-state index contributed by atoms with van der Waals surface area (Å²) in [7, 11) is 0. The molecule has 2 aromatic carbocycles. The summed E-state index contributed by atoms with van der Waals surface area (Å²) in [5.74, 6) is -0.638. The first kappa shape index (κ1) is 15.3. The van der Waals surface area contributed by atoms with Crippen molar-refractivity contribution in [3.05, 3.63) is 83.4 Å². The highest BCUT2D eigenvalue weighted by Gasteiger charge is 2.08. The van der Waals surface area contributed by atoms with Gasteiger partial charge >= 0.3 is 0 Å². The van der Waals surface area contributed by atoms with E-state index in [1.807, 2.05) is 53.4 Å². The van der Waals surface area contributed by atoms with E-state index in [9.17, 15) is 9.18 Å². The number of carbonyl (C=O) groups is 1. The van der Waals surface area contributed by atoms with E-state index in [1.54, 1.807) is 0 Å². The lowest BCUT2D eigenvalue weighted by atomic mass is 10.1. The van der Waals surface area contributed by atoms with Crippen LogP contribution in [0.25, 0.3) is 5.69 Å². The van der Waals surface area contributed by atoms with E-state index >= 15 is 0 Å². The van der Waals surface area contributed by atoms with Gasteiger partial charge in [0.1, 0.15) is 5.82 Å². The molecule has 3 rings (SSSR count). The molecule has 1 N–H and O–H groups in total. The lowest BCUT2D eigenvalue weighted by Crippen LogP contribution is -2.14. The van der Waals surface area contributed by atoms with Crippen LogP contribution in [0.15, 0.2) is 67.0 Å². The molecule has 0 unspecified atom stereocenters. The molecule has 3 nitrogen and oxygen atoms in total. The van der Waals surface area contributed by atoms with Gasteiger partial charge in [0.25, 0.3) is 0 Å². The molecule has 0 bridgehead atoms. The number of nitrogens with one attached hydrogen (secondary N) is 1. The molecule has 1 heterocycles. The third-order valence-electron chi connectivity index (χ3n) is 3.41. The maximum atomic E-state index is 13.0. The molecular weight excluding hydrogens is 315 g/mol. The van der Waals surface area contributed by atoms with Gasteiger partial charge in [0, 0.05) is 18.1 Å². The molecule has 0 spiro atoms. The molecule has 0 atom stereocenters. The van der Waals surface area contributed by atoms with Crippen LogP contribution >= 0.6 is 11.6 Å². The highest BCUT2D eigenvalue weighted by molar-refractivity contribution is 6.33. The van der Waals surface area contributed by atoms with Crippen molar-refractivity contribution >= 4 is 23.2 Å². The number of rotatable bonds is 4. The van der Waals surface area contributed by atoms with Gasteiger partial charge in [-0.2, -0.15) is 0 Å². The van der Waals surface area contributed by atoms with Gasteiger partial charge in [-0.1, -0.05) is 23.7 Å². The van der Waals surface area contributed by atoms with Crippen LogP contribution < -0.4 is 5.32 Å². The summed E-state index contributed by atoms with van der Waals surface area (Å²) in [5.41, 5.74) is 2.32. The molecule has 116 valence electrons. The summed E-state index contributed by atoms with van der Waals surface area (Å²) < 4.78 is 15.0. The van der Waals surface area contributed by atoms with E-state index in [1.165, 1.54) is 18.2 Å². The largest absolute Gasteiger partial charge is 0.324 e. The summed E-state index contributed by atoms with van der Waals surface area (Å²) in [5, 5.41) is 2.87. The van der Waals surface area contributed by atoms with Gasteiger partial charge in [-0.25, -0.2) is 4.39 Å². The topological polar surface area (TPSA) is 34.0 Å². The second-order valence-electron chi connectivity index (χ2n) is 5.11. The Morgan fingerprint density at radius 3 is 2.43 bits per heavy atom. The van der Waals surface area contributed by atoms with Gasteiger partial charge in [0.15, 0.2) is 0 Å². The van der Waals surface area contributed by atoms with Crippen LogP contribution in [-0.2, 0) is 11.2 Å². The number of nitrogens with zero attached hydrogens (tertiary/aromatic N) is 1. The third-order valence-corrected chi connectivity index (χ3v) is 3.72. The van der Waals surface area contributed by atoms with Crippen LogP contribution in [0.4, 0.5) is 10.1 Å². The number of benzene rings is 2. The number of halogens is 2. The quantitative estimate of drug-likeness (QED) is 0.754. The zero-order valence-corrected chi connectivity index (χ0v) is 12.9. The van der Waals surface area contributed by atoms with E-state index in [-0.39, 0.29) is 17.4 Å². The number of hydrogen-bond acceptors (Lipinski definition) is 1. The molecule has 0 aliphatic rings. The minimum atomic E-state index is -0.436. The summed E-state index contributed by atoms with van der Waals surface area (Å²) in [4.78, 5) is 12.1. The molecule has 0 fully saturated rings. The Bertz CT molecular complexity index is 814. The maximum absolute atomic E-state index is 13.0. The molecular formula is C18H14ClFN2O. The lowest BCUT2D eigenvalue weighted by Gasteiger charge is -2.08. The summed E-state index contributed by atoms with van der Waals surface area (Å²) >= 11 is 5.90. The molecule has 1 amide bonds. The number of aromatic nitrogens is 1. The van der Waals surface area contributed by atoms with Crippen molar-refractivity contribution in [1.82, 2.24) is 4.57 Å². The summed E-state index contributed by atoms with van der Waals surface area (Å²) in [6, 6.07) is 15.5. The summed E-state index contributed by atoms with van der Waals surface area (Å²) in [6.07, 6.45) is 4.14. The Morgan fingerprint density at radius 2 is 1.78 bits per heavy atom. The maximum Gasteiger partial charge on any atom is 0.228 e. The molecule has 0 aliphatic heterocycles. The molecule has 5 heteroatoms. The molecule has 0 radical (unpaired) electrons. The smallest absolute Gasteiger partial charge is 0.228 e. The van der Waals surface area contributed by atoms with Crippen LogP contribution in [-0.4, -0.2) is 10.5 Å². The highest BCUT2D eigenvalue weighted by atomic mass is 35.5. The zero-order valence-electron chi connectivity index (χ0n) is 12.2. The predicted octanol–water partition coefficient (Wildman–Crippen LogP) is 4.45. The third kappa shape index (κ3) is 3.79. The Labute approximate surface area is 138 Å². The molecule has 1 aromatic heterocycles. The molecule has 3 aromatic rings.